The van der Waals surface area contributed by atoms with Gasteiger partial charge < -0.3 is 9.63 Å². The molecule has 2 aromatic rings. The van der Waals surface area contributed by atoms with Crippen LogP contribution in [0.4, 0.5) is 4.39 Å². The summed E-state index contributed by atoms with van der Waals surface area (Å²) in [4.78, 5) is 10.7. The molecule has 4 nitrogen and oxygen atoms in total. The summed E-state index contributed by atoms with van der Waals surface area (Å²) in [7, 11) is 0. The zero-order valence-corrected chi connectivity index (χ0v) is 7.48. The molecule has 2 rings (SSSR count). The Labute approximate surface area is 83.9 Å². The lowest BCUT2D eigenvalue weighted by molar-refractivity contribution is 0.0697. The Bertz CT molecular complexity index is 507. The second-order valence-electron chi connectivity index (χ2n) is 2.85. The van der Waals surface area contributed by atoms with Gasteiger partial charge in [-0.15, -0.1) is 0 Å². The fourth-order valence-electron chi connectivity index (χ4n) is 1.23. The maximum absolute atomic E-state index is 13.3. The van der Waals surface area contributed by atoms with Gasteiger partial charge in [0.05, 0.1) is 11.8 Å². The average Bonchev–Trinajstić information content (AvgIpc) is 2.67. The van der Waals surface area contributed by atoms with E-state index in [1.54, 1.807) is 6.07 Å². The average molecular weight is 207 g/mol. The van der Waals surface area contributed by atoms with Crippen molar-refractivity contribution in [1.29, 1.82) is 0 Å². The Morgan fingerprint density at radius 1 is 1.40 bits per heavy atom. The number of carboxylic acids is 1. The van der Waals surface area contributed by atoms with Gasteiger partial charge in [-0.1, -0.05) is 17.3 Å². The van der Waals surface area contributed by atoms with E-state index in [4.69, 9.17) is 9.63 Å². The van der Waals surface area contributed by atoms with Crippen LogP contribution in [-0.4, -0.2) is 16.2 Å². The lowest BCUT2D eigenvalue weighted by atomic mass is 10.1. The molecule has 15 heavy (non-hydrogen) atoms. The summed E-state index contributed by atoms with van der Waals surface area (Å²) < 4.78 is 18.0. The molecule has 0 bridgehead atoms. The molecule has 0 saturated heterocycles. The first-order valence-electron chi connectivity index (χ1n) is 4.13. The van der Waals surface area contributed by atoms with Crippen LogP contribution in [0.2, 0.25) is 0 Å². The maximum atomic E-state index is 13.3. The van der Waals surface area contributed by atoms with Crippen molar-refractivity contribution in [2.24, 2.45) is 0 Å². The van der Waals surface area contributed by atoms with E-state index < -0.39 is 11.8 Å². The number of nitrogens with zero attached hydrogens (tertiary/aromatic N) is 1. The second-order valence-corrected chi connectivity index (χ2v) is 2.85. The Kier molecular flexibility index (Phi) is 2.21. The highest BCUT2D eigenvalue weighted by atomic mass is 19.1. The summed E-state index contributed by atoms with van der Waals surface area (Å²) in [6, 6.07) is 5.76. The first-order chi connectivity index (χ1) is 7.20. The van der Waals surface area contributed by atoms with Crippen molar-refractivity contribution in [3.05, 3.63) is 41.8 Å². The third-order valence-corrected chi connectivity index (χ3v) is 1.92. The normalized spacial score (nSPS) is 10.2. The van der Waals surface area contributed by atoms with E-state index in [0.29, 0.717) is 0 Å². The van der Waals surface area contributed by atoms with Crippen LogP contribution in [0.1, 0.15) is 10.4 Å². The lowest BCUT2D eigenvalue weighted by Crippen LogP contribution is -1.96. The highest BCUT2D eigenvalue weighted by Gasteiger charge is 2.19. The number of rotatable bonds is 2. The third kappa shape index (κ3) is 1.59. The number of hydrogen-bond acceptors (Lipinski definition) is 3. The van der Waals surface area contributed by atoms with Gasteiger partial charge in [-0.05, 0) is 12.1 Å². The molecule has 0 unspecified atom stereocenters. The van der Waals surface area contributed by atoms with E-state index in [-0.39, 0.29) is 16.9 Å². The van der Waals surface area contributed by atoms with Crippen molar-refractivity contribution in [2.45, 2.75) is 0 Å². The first kappa shape index (κ1) is 9.39. The van der Waals surface area contributed by atoms with E-state index in [9.17, 15) is 9.18 Å². The Morgan fingerprint density at radius 2 is 2.13 bits per heavy atom. The van der Waals surface area contributed by atoms with Gasteiger partial charge in [-0.25, -0.2) is 9.18 Å². The molecule has 5 heteroatoms. The number of aromatic carboxylic acids is 1. The predicted octanol–water partition coefficient (Wildman–Crippen LogP) is 2.18. The summed E-state index contributed by atoms with van der Waals surface area (Å²) in [6.07, 6.45) is 1.05. The monoisotopic (exact) mass is 207 g/mol. The fourth-order valence-corrected chi connectivity index (χ4v) is 1.23. The minimum Gasteiger partial charge on any atom is -0.477 e. The summed E-state index contributed by atoms with van der Waals surface area (Å²) in [6.45, 7) is 0. The van der Waals surface area contributed by atoms with Crippen LogP contribution >= 0.6 is 0 Å². The maximum Gasteiger partial charge on any atom is 0.341 e. The molecule has 0 atom stereocenters. The number of carboxylic acid groups (broad SMARTS) is 1. The topological polar surface area (TPSA) is 63.3 Å². The van der Waals surface area contributed by atoms with Crippen LogP contribution in [0.25, 0.3) is 11.3 Å². The van der Waals surface area contributed by atoms with Crippen LogP contribution in [-0.2, 0) is 0 Å². The SMILES string of the molecule is O=C(O)c1cnoc1-c1ccccc1F. The Morgan fingerprint density at radius 3 is 2.80 bits per heavy atom. The first-order valence-corrected chi connectivity index (χ1v) is 4.13. The van der Waals surface area contributed by atoms with E-state index >= 15 is 0 Å². The van der Waals surface area contributed by atoms with Gasteiger partial charge >= 0.3 is 5.97 Å². The molecule has 0 radical (unpaired) electrons. The minimum absolute atomic E-state index is 0.0689. The Hall–Kier alpha value is -2.17. The molecule has 0 saturated carbocycles. The summed E-state index contributed by atoms with van der Waals surface area (Å²) in [5, 5.41) is 12.1. The van der Waals surface area contributed by atoms with Gasteiger partial charge in [-0.3, -0.25) is 0 Å². The number of hydrogen-bond donors (Lipinski definition) is 1. The van der Waals surface area contributed by atoms with Gasteiger partial charge in [-0.2, -0.15) is 0 Å². The van der Waals surface area contributed by atoms with Crippen LogP contribution in [0.15, 0.2) is 35.0 Å². The molecule has 76 valence electrons. The van der Waals surface area contributed by atoms with Gasteiger partial charge in [0.1, 0.15) is 11.4 Å². The Balaban J connectivity index is 2.59. The van der Waals surface area contributed by atoms with Crippen molar-refractivity contribution in [3.63, 3.8) is 0 Å². The summed E-state index contributed by atoms with van der Waals surface area (Å²) >= 11 is 0. The van der Waals surface area contributed by atoms with Crippen molar-refractivity contribution in [3.8, 4) is 11.3 Å². The lowest BCUT2D eigenvalue weighted by Gasteiger charge is -1.98. The molecule has 1 N–H and O–H groups in total. The number of aromatic nitrogens is 1. The minimum atomic E-state index is -1.20. The van der Waals surface area contributed by atoms with Gasteiger partial charge in [0.25, 0.3) is 0 Å². The number of benzene rings is 1. The van der Waals surface area contributed by atoms with Crippen LogP contribution in [0.5, 0.6) is 0 Å². The molecule has 0 aliphatic rings. The van der Waals surface area contributed by atoms with Gasteiger partial charge in [0.2, 0.25) is 0 Å². The van der Waals surface area contributed by atoms with Gasteiger partial charge in [0.15, 0.2) is 5.76 Å². The van der Waals surface area contributed by atoms with E-state index in [0.717, 1.165) is 6.20 Å². The molecule has 0 fully saturated rings. The van der Waals surface area contributed by atoms with Crippen molar-refractivity contribution < 1.29 is 18.8 Å². The third-order valence-electron chi connectivity index (χ3n) is 1.92. The highest BCUT2D eigenvalue weighted by Crippen LogP contribution is 2.25. The molecular formula is C10H6FNO3. The van der Waals surface area contributed by atoms with Crippen molar-refractivity contribution in [2.75, 3.05) is 0 Å². The van der Waals surface area contributed by atoms with E-state index in [2.05, 4.69) is 5.16 Å². The smallest absolute Gasteiger partial charge is 0.341 e. The molecule has 0 aliphatic carbocycles. The molecular weight excluding hydrogens is 201 g/mol. The largest absolute Gasteiger partial charge is 0.477 e. The number of halogens is 1. The fraction of sp³-hybridized carbons (Fsp3) is 0. The standard InChI is InChI=1S/C10H6FNO3/c11-8-4-2-1-3-6(8)9-7(10(13)14)5-12-15-9/h1-5H,(H,13,14). The molecule has 1 aromatic carbocycles. The predicted molar refractivity (Wildman–Crippen MR) is 48.9 cm³/mol. The van der Waals surface area contributed by atoms with Crippen molar-refractivity contribution in [1.82, 2.24) is 5.16 Å². The van der Waals surface area contributed by atoms with E-state index in [1.807, 2.05) is 0 Å². The quantitative estimate of drug-likeness (QED) is 0.819. The summed E-state index contributed by atoms with van der Waals surface area (Å²) in [5.41, 5.74) is -0.0625. The zero-order valence-electron chi connectivity index (χ0n) is 7.48. The van der Waals surface area contributed by atoms with Crippen molar-refractivity contribution >= 4 is 5.97 Å². The molecule has 0 aliphatic heterocycles. The van der Waals surface area contributed by atoms with Crippen LogP contribution in [0, 0.1) is 5.82 Å². The highest BCUT2D eigenvalue weighted by molar-refractivity contribution is 5.93. The van der Waals surface area contributed by atoms with E-state index in [1.165, 1.54) is 18.2 Å². The number of carbonyl (C=O) groups is 1. The zero-order chi connectivity index (χ0) is 10.8. The molecule has 1 aromatic heterocycles. The van der Waals surface area contributed by atoms with Crippen LogP contribution < -0.4 is 0 Å². The summed E-state index contributed by atoms with van der Waals surface area (Å²) in [5.74, 6) is -1.81. The van der Waals surface area contributed by atoms with Gasteiger partial charge in [0, 0.05) is 0 Å². The molecule has 0 amide bonds. The molecule has 1 heterocycles. The second kappa shape index (κ2) is 3.53. The van der Waals surface area contributed by atoms with Crippen LogP contribution in [0.3, 0.4) is 0 Å². The molecule has 0 spiro atoms.